The molecule has 0 spiro atoms. The molecular formula is C27H27Cl2N7O3. The topological polar surface area (TPSA) is 114 Å². The number of hydrogen-bond acceptors (Lipinski definition) is 8. The molecule has 0 atom stereocenters. The Bertz CT molecular complexity index is 1660. The Hall–Kier alpha value is -3.60. The molecule has 39 heavy (non-hydrogen) atoms. The van der Waals surface area contributed by atoms with Crippen LogP contribution in [0, 0.1) is 5.92 Å². The van der Waals surface area contributed by atoms with Crippen molar-refractivity contribution in [3.05, 3.63) is 52.7 Å². The highest BCUT2D eigenvalue weighted by Gasteiger charge is 2.25. The number of rotatable bonds is 7. The quantitative estimate of drug-likeness (QED) is 0.265. The molecule has 1 aromatic carbocycles. The molecular weight excluding hydrogens is 541 g/mol. The molecule has 1 saturated heterocycles. The number of aromatic amines is 1. The lowest BCUT2D eigenvalue weighted by molar-refractivity contribution is 0.203. The minimum absolute atomic E-state index is 0.208. The first-order chi connectivity index (χ1) is 19.0. The number of fused-ring (bicyclic) bond motifs is 2. The molecule has 1 aliphatic heterocycles. The molecule has 0 bridgehead atoms. The Balaban J connectivity index is 1.46. The molecule has 4 aromatic heterocycles. The normalized spacial score (nSPS) is 14.4. The van der Waals surface area contributed by atoms with E-state index in [0.717, 1.165) is 59.3 Å². The van der Waals surface area contributed by atoms with Gasteiger partial charge < -0.3 is 24.5 Å². The lowest BCUT2D eigenvalue weighted by Gasteiger charge is -2.32. The number of halogens is 2. The standard InChI is InChI=1S/C27H27Cl2N7O3/c1-38-21-9-16(19(28)10-22(21)39-2)17-11-30-27(35-7-5-15(14-37)6-8-35)25-18(17)12-36(34-25)13-24-31-20-3-4-23(29)32-26(20)33-24/h3-4,9-12,15,37H,5-8,13-14H2,1-2H3,(H,31,32,33). The Morgan fingerprint density at radius 2 is 1.82 bits per heavy atom. The van der Waals surface area contributed by atoms with Crippen LogP contribution in [0.25, 0.3) is 33.2 Å². The number of aromatic nitrogens is 6. The molecule has 0 saturated carbocycles. The third-order valence-corrected chi connectivity index (χ3v) is 7.71. The van der Waals surface area contributed by atoms with Crippen molar-refractivity contribution in [3.8, 4) is 22.6 Å². The largest absolute Gasteiger partial charge is 0.493 e. The summed E-state index contributed by atoms with van der Waals surface area (Å²) in [5.74, 6) is 2.94. The summed E-state index contributed by atoms with van der Waals surface area (Å²) in [4.78, 5) is 19.3. The predicted octanol–water partition coefficient (Wildman–Crippen LogP) is 4.95. The van der Waals surface area contributed by atoms with Crippen molar-refractivity contribution in [2.45, 2.75) is 19.4 Å². The molecule has 2 N–H and O–H groups in total. The van der Waals surface area contributed by atoms with Crippen molar-refractivity contribution >= 4 is 51.1 Å². The number of nitrogens with one attached hydrogen (secondary N) is 1. The van der Waals surface area contributed by atoms with Gasteiger partial charge in [-0.2, -0.15) is 5.10 Å². The molecule has 6 rings (SSSR count). The van der Waals surface area contributed by atoms with Crippen LogP contribution in [0.2, 0.25) is 10.2 Å². The second-order valence-electron chi connectivity index (χ2n) is 9.57. The third kappa shape index (κ3) is 4.84. The molecule has 0 radical (unpaired) electrons. The second-order valence-corrected chi connectivity index (χ2v) is 10.4. The van der Waals surface area contributed by atoms with Gasteiger partial charge in [0.05, 0.1) is 31.3 Å². The number of hydrogen-bond donors (Lipinski definition) is 2. The average molecular weight is 568 g/mol. The first-order valence-electron chi connectivity index (χ1n) is 12.6. The number of nitrogens with zero attached hydrogens (tertiary/aromatic N) is 6. The van der Waals surface area contributed by atoms with Gasteiger partial charge in [0, 0.05) is 54.7 Å². The number of imidazole rings is 1. The van der Waals surface area contributed by atoms with E-state index in [0.29, 0.717) is 45.6 Å². The summed E-state index contributed by atoms with van der Waals surface area (Å²) in [6.07, 6.45) is 5.62. The van der Waals surface area contributed by atoms with Gasteiger partial charge in [-0.25, -0.2) is 15.0 Å². The summed E-state index contributed by atoms with van der Waals surface area (Å²) in [6, 6.07) is 7.18. The molecule has 5 aromatic rings. The van der Waals surface area contributed by atoms with E-state index in [4.69, 9.17) is 42.8 Å². The molecule has 0 unspecified atom stereocenters. The van der Waals surface area contributed by atoms with Crippen molar-refractivity contribution in [2.24, 2.45) is 5.92 Å². The Morgan fingerprint density at radius 1 is 1.05 bits per heavy atom. The van der Waals surface area contributed by atoms with Crippen LogP contribution in [0.15, 0.2) is 36.7 Å². The maximum atomic E-state index is 9.60. The maximum absolute atomic E-state index is 9.60. The number of ether oxygens (including phenoxy) is 2. The number of H-pyrrole nitrogens is 1. The van der Waals surface area contributed by atoms with Crippen molar-refractivity contribution < 1.29 is 14.6 Å². The molecule has 12 heteroatoms. The van der Waals surface area contributed by atoms with Gasteiger partial charge >= 0.3 is 0 Å². The predicted molar refractivity (Wildman–Crippen MR) is 151 cm³/mol. The van der Waals surface area contributed by atoms with Crippen LogP contribution >= 0.6 is 23.2 Å². The van der Waals surface area contributed by atoms with Crippen LogP contribution in [-0.4, -0.2) is 68.7 Å². The van der Waals surface area contributed by atoms with Crippen LogP contribution in [0.4, 0.5) is 5.82 Å². The van der Waals surface area contributed by atoms with E-state index < -0.39 is 0 Å². The van der Waals surface area contributed by atoms with Crippen LogP contribution in [0.5, 0.6) is 11.5 Å². The zero-order valence-corrected chi connectivity index (χ0v) is 23.0. The first kappa shape index (κ1) is 25.7. The minimum Gasteiger partial charge on any atom is -0.493 e. The number of benzene rings is 1. The summed E-state index contributed by atoms with van der Waals surface area (Å²) >= 11 is 12.8. The number of pyridine rings is 2. The molecule has 0 aliphatic carbocycles. The lowest BCUT2D eigenvalue weighted by atomic mass is 9.97. The fraction of sp³-hybridized carbons (Fsp3) is 0.333. The Morgan fingerprint density at radius 3 is 2.56 bits per heavy atom. The van der Waals surface area contributed by atoms with E-state index in [2.05, 4.69) is 19.9 Å². The number of methoxy groups -OCH3 is 2. The summed E-state index contributed by atoms with van der Waals surface area (Å²) in [7, 11) is 3.17. The molecule has 1 fully saturated rings. The van der Waals surface area contributed by atoms with Gasteiger partial charge in [0.2, 0.25) is 0 Å². The van der Waals surface area contributed by atoms with Crippen molar-refractivity contribution in [1.29, 1.82) is 0 Å². The van der Waals surface area contributed by atoms with E-state index in [-0.39, 0.29) is 6.61 Å². The summed E-state index contributed by atoms with van der Waals surface area (Å²) in [5, 5.41) is 16.4. The Kier molecular flexibility index (Phi) is 6.92. The van der Waals surface area contributed by atoms with E-state index in [1.54, 1.807) is 26.4 Å². The third-order valence-electron chi connectivity index (χ3n) is 7.19. The fourth-order valence-electron chi connectivity index (χ4n) is 5.10. The van der Waals surface area contributed by atoms with Crippen molar-refractivity contribution in [1.82, 2.24) is 29.7 Å². The molecule has 1 aliphatic rings. The minimum atomic E-state index is 0.208. The van der Waals surface area contributed by atoms with E-state index in [9.17, 15) is 5.11 Å². The number of aliphatic hydroxyl groups excluding tert-OH is 1. The second kappa shape index (κ2) is 10.5. The smallest absolute Gasteiger partial charge is 0.179 e. The van der Waals surface area contributed by atoms with E-state index >= 15 is 0 Å². The Labute approximate surface area is 234 Å². The van der Waals surface area contributed by atoms with Gasteiger partial charge in [-0.1, -0.05) is 23.2 Å². The van der Waals surface area contributed by atoms with Crippen LogP contribution in [0.1, 0.15) is 18.7 Å². The van der Waals surface area contributed by atoms with Gasteiger partial charge in [0.1, 0.15) is 16.5 Å². The molecule has 5 heterocycles. The monoisotopic (exact) mass is 567 g/mol. The van der Waals surface area contributed by atoms with Crippen LogP contribution < -0.4 is 14.4 Å². The lowest BCUT2D eigenvalue weighted by Crippen LogP contribution is -2.35. The van der Waals surface area contributed by atoms with Gasteiger partial charge in [-0.15, -0.1) is 0 Å². The molecule has 202 valence electrons. The fourth-order valence-corrected chi connectivity index (χ4v) is 5.50. The number of anilines is 1. The number of aliphatic hydroxyl groups is 1. The highest BCUT2D eigenvalue weighted by atomic mass is 35.5. The van der Waals surface area contributed by atoms with E-state index in [1.807, 2.05) is 29.2 Å². The van der Waals surface area contributed by atoms with Gasteiger partial charge in [0.25, 0.3) is 0 Å². The van der Waals surface area contributed by atoms with Crippen LogP contribution in [-0.2, 0) is 6.54 Å². The van der Waals surface area contributed by atoms with Crippen molar-refractivity contribution in [2.75, 3.05) is 38.8 Å². The summed E-state index contributed by atoms with van der Waals surface area (Å²) in [6.45, 7) is 2.20. The average Bonchev–Trinajstić information content (AvgIpc) is 3.55. The summed E-state index contributed by atoms with van der Waals surface area (Å²) in [5.41, 5.74) is 3.71. The van der Waals surface area contributed by atoms with Gasteiger partial charge in [-0.3, -0.25) is 4.68 Å². The van der Waals surface area contributed by atoms with Gasteiger partial charge in [0.15, 0.2) is 23.0 Å². The number of piperidine rings is 1. The zero-order chi connectivity index (χ0) is 27.1. The van der Waals surface area contributed by atoms with E-state index in [1.165, 1.54) is 0 Å². The van der Waals surface area contributed by atoms with Gasteiger partial charge in [-0.05, 0) is 37.0 Å². The van der Waals surface area contributed by atoms with Crippen LogP contribution in [0.3, 0.4) is 0 Å². The highest BCUT2D eigenvalue weighted by Crippen LogP contribution is 2.42. The molecule has 10 nitrogen and oxygen atoms in total. The highest BCUT2D eigenvalue weighted by molar-refractivity contribution is 6.34. The van der Waals surface area contributed by atoms with Crippen molar-refractivity contribution in [3.63, 3.8) is 0 Å². The summed E-state index contributed by atoms with van der Waals surface area (Å²) < 4.78 is 12.8. The first-order valence-corrected chi connectivity index (χ1v) is 13.4. The molecule has 0 amide bonds. The zero-order valence-electron chi connectivity index (χ0n) is 21.5. The SMILES string of the molecule is COc1cc(Cl)c(-c2cnc(N3CCC(CO)CC3)c3nn(Cc4nc5nc(Cl)ccc5[nH]4)cc23)cc1OC. The maximum Gasteiger partial charge on any atom is 0.179 e.